The van der Waals surface area contributed by atoms with Crippen molar-refractivity contribution in [2.45, 2.75) is 76.3 Å². The minimum atomic E-state index is 1.29. The highest BCUT2D eigenvalue weighted by Gasteiger charge is 2.09. The Kier molecular flexibility index (Phi) is 7.62. The first-order valence-electron chi connectivity index (χ1n) is 8.34. The highest BCUT2D eigenvalue weighted by Crippen LogP contribution is 2.40. The van der Waals surface area contributed by atoms with E-state index in [4.69, 9.17) is 0 Å². The second-order valence-electron chi connectivity index (χ2n) is 5.85. The summed E-state index contributed by atoms with van der Waals surface area (Å²) in [5, 5.41) is 1.50. The predicted octanol–water partition coefficient (Wildman–Crippen LogP) is 7.81. The third kappa shape index (κ3) is 5.30. The molecule has 2 rings (SSSR count). The molecule has 0 saturated heterocycles. The van der Waals surface area contributed by atoms with Crippen LogP contribution in [-0.2, 0) is 0 Å². The van der Waals surface area contributed by atoms with Gasteiger partial charge in [0.25, 0.3) is 0 Å². The molecule has 0 spiro atoms. The van der Waals surface area contributed by atoms with Crippen LogP contribution in [-0.4, -0.2) is 5.75 Å². The number of fused-ring (bicyclic) bond motifs is 1. The van der Waals surface area contributed by atoms with Gasteiger partial charge in [-0.05, 0) is 32.1 Å². The Morgan fingerprint density at radius 1 is 0.857 bits per heavy atom. The maximum absolute atomic E-state index is 2.41. The first-order chi connectivity index (χ1) is 10.2. The molecule has 0 aliphatic carbocycles. The van der Waals surface area contributed by atoms with E-state index in [2.05, 4.69) is 38.6 Å². The summed E-state index contributed by atoms with van der Waals surface area (Å²) in [6.07, 6.45) is 11.3. The van der Waals surface area contributed by atoms with Crippen molar-refractivity contribution in [2.24, 2.45) is 0 Å². The van der Waals surface area contributed by atoms with Gasteiger partial charge in [-0.25, -0.2) is 0 Å². The van der Waals surface area contributed by atoms with Crippen molar-refractivity contribution in [1.29, 1.82) is 0 Å². The zero-order valence-corrected chi connectivity index (χ0v) is 16.1. The second-order valence-corrected chi connectivity index (χ2v) is 9.72. The van der Waals surface area contributed by atoms with E-state index >= 15 is 0 Å². The summed E-state index contributed by atoms with van der Waals surface area (Å²) in [6, 6.07) is 2.41. The molecule has 2 aromatic heterocycles. The Morgan fingerprint density at radius 2 is 1.52 bits per heavy atom. The smallest absolute Gasteiger partial charge is 0.0611 e. The van der Waals surface area contributed by atoms with Crippen LogP contribution >= 0.6 is 34.4 Å². The molecule has 0 amide bonds. The summed E-state index contributed by atoms with van der Waals surface area (Å²) < 4.78 is 3.04. The second kappa shape index (κ2) is 9.22. The van der Waals surface area contributed by atoms with E-state index in [1.54, 1.807) is 0 Å². The Balaban J connectivity index is 1.61. The molecule has 0 radical (unpaired) electrons. The lowest BCUT2D eigenvalue weighted by molar-refractivity contribution is 0.586. The number of aryl methyl sites for hydroxylation is 2. The largest absolute Gasteiger partial charge is 0.144 e. The number of thioether (sulfide) groups is 1. The standard InChI is InChI=1S/C18H28S3/c1-4-5-6-7-8-9-10-11-12-19-17-13-16-14(2)20-15(3)18(16)21-17/h13H,4-12H2,1-3H3. The van der Waals surface area contributed by atoms with Gasteiger partial charge >= 0.3 is 0 Å². The molecule has 0 nitrogen and oxygen atoms in total. The Hall–Kier alpha value is 0.01000. The zero-order chi connectivity index (χ0) is 15.1. The van der Waals surface area contributed by atoms with Gasteiger partial charge in [0.05, 0.1) is 4.21 Å². The average Bonchev–Trinajstić information content (AvgIpc) is 2.99. The maximum atomic E-state index is 2.41. The fourth-order valence-corrected chi connectivity index (χ4v) is 6.28. The number of hydrogen-bond donors (Lipinski definition) is 0. The molecule has 3 heteroatoms. The highest BCUT2D eigenvalue weighted by molar-refractivity contribution is 8.01. The van der Waals surface area contributed by atoms with E-state index in [0.717, 1.165) is 0 Å². The van der Waals surface area contributed by atoms with Crippen molar-refractivity contribution in [2.75, 3.05) is 5.75 Å². The van der Waals surface area contributed by atoms with Crippen LogP contribution in [0.3, 0.4) is 0 Å². The normalized spacial score (nSPS) is 11.6. The topological polar surface area (TPSA) is 0 Å². The molecule has 0 atom stereocenters. The van der Waals surface area contributed by atoms with Crippen LogP contribution in [0.25, 0.3) is 10.1 Å². The summed E-state index contributed by atoms with van der Waals surface area (Å²) in [6.45, 7) is 6.79. The van der Waals surface area contributed by atoms with Gasteiger partial charge in [-0.2, -0.15) is 0 Å². The van der Waals surface area contributed by atoms with Crippen LogP contribution in [0.4, 0.5) is 0 Å². The Labute approximate surface area is 142 Å². The van der Waals surface area contributed by atoms with Gasteiger partial charge in [-0.15, -0.1) is 34.4 Å². The lowest BCUT2D eigenvalue weighted by atomic mass is 10.1. The minimum Gasteiger partial charge on any atom is -0.144 e. The number of unbranched alkanes of at least 4 members (excludes halogenated alkanes) is 7. The van der Waals surface area contributed by atoms with Gasteiger partial charge in [0, 0.05) is 19.8 Å². The van der Waals surface area contributed by atoms with E-state index in [0.29, 0.717) is 0 Å². The van der Waals surface area contributed by atoms with E-state index in [1.807, 2.05) is 22.7 Å². The van der Waals surface area contributed by atoms with Gasteiger partial charge in [0.1, 0.15) is 0 Å². The fourth-order valence-electron chi connectivity index (χ4n) is 2.70. The first-order valence-corrected chi connectivity index (χ1v) is 11.0. The van der Waals surface area contributed by atoms with E-state index in [1.165, 1.54) is 81.2 Å². The molecule has 0 N–H and O–H groups in total. The molecule has 0 saturated carbocycles. The number of rotatable bonds is 10. The van der Waals surface area contributed by atoms with Crippen molar-refractivity contribution in [1.82, 2.24) is 0 Å². The van der Waals surface area contributed by atoms with Gasteiger partial charge in [-0.1, -0.05) is 51.9 Å². The molecule has 21 heavy (non-hydrogen) atoms. The molecular formula is C18H28S3. The lowest BCUT2D eigenvalue weighted by Gasteiger charge is -2.01. The van der Waals surface area contributed by atoms with Crippen LogP contribution < -0.4 is 0 Å². The maximum Gasteiger partial charge on any atom is 0.0611 e. The third-order valence-corrected chi connectivity index (χ3v) is 7.67. The van der Waals surface area contributed by atoms with Crippen LogP contribution in [0.1, 0.15) is 68.0 Å². The molecule has 2 heterocycles. The SMILES string of the molecule is CCCCCCCCCCSc1cc2c(C)sc(C)c2s1. The first kappa shape index (κ1) is 17.4. The predicted molar refractivity (Wildman–Crippen MR) is 103 cm³/mol. The number of hydrogen-bond acceptors (Lipinski definition) is 3. The summed E-state index contributed by atoms with van der Waals surface area (Å²) >= 11 is 6.00. The van der Waals surface area contributed by atoms with Crippen LogP contribution in [0.2, 0.25) is 0 Å². The van der Waals surface area contributed by atoms with Gasteiger partial charge in [0.15, 0.2) is 0 Å². The molecule has 0 unspecified atom stereocenters. The zero-order valence-electron chi connectivity index (χ0n) is 13.7. The van der Waals surface area contributed by atoms with Crippen molar-refractivity contribution >= 4 is 44.5 Å². The Morgan fingerprint density at radius 3 is 2.19 bits per heavy atom. The lowest BCUT2D eigenvalue weighted by Crippen LogP contribution is -1.82. The molecular weight excluding hydrogens is 312 g/mol. The highest BCUT2D eigenvalue weighted by atomic mass is 32.2. The summed E-state index contributed by atoms with van der Waals surface area (Å²) in [5.41, 5.74) is 0. The number of thiophene rings is 2. The van der Waals surface area contributed by atoms with Crippen molar-refractivity contribution in [3.05, 3.63) is 15.8 Å². The Bertz CT molecular complexity index is 501. The van der Waals surface area contributed by atoms with Crippen molar-refractivity contribution < 1.29 is 0 Å². The third-order valence-electron chi connectivity index (χ3n) is 3.96. The van der Waals surface area contributed by atoms with E-state index in [-0.39, 0.29) is 0 Å². The van der Waals surface area contributed by atoms with Gasteiger partial charge < -0.3 is 0 Å². The summed E-state index contributed by atoms with van der Waals surface area (Å²) in [4.78, 5) is 2.98. The molecule has 0 aromatic carbocycles. The molecule has 0 aliphatic rings. The van der Waals surface area contributed by atoms with Gasteiger partial charge in [-0.3, -0.25) is 0 Å². The fraction of sp³-hybridized carbons (Fsp3) is 0.667. The molecule has 0 aliphatic heterocycles. The van der Waals surface area contributed by atoms with E-state index in [9.17, 15) is 0 Å². The van der Waals surface area contributed by atoms with Crippen LogP contribution in [0, 0.1) is 13.8 Å². The quantitative estimate of drug-likeness (QED) is 0.314. The molecule has 2 aromatic rings. The van der Waals surface area contributed by atoms with Crippen LogP contribution in [0.5, 0.6) is 0 Å². The summed E-state index contributed by atoms with van der Waals surface area (Å²) in [5.74, 6) is 1.29. The van der Waals surface area contributed by atoms with E-state index < -0.39 is 0 Å². The minimum absolute atomic E-state index is 1.29. The molecule has 118 valence electrons. The molecule has 0 bridgehead atoms. The average molecular weight is 341 g/mol. The van der Waals surface area contributed by atoms with Crippen molar-refractivity contribution in [3.8, 4) is 0 Å². The monoisotopic (exact) mass is 340 g/mol. The summed E-state index contributed by atoms with van der Waals surface area (Å²) in [7, 11) is 0. The molecule has 0 fully saturated rings. The van der Waals surface area contributed by atoms with Gasteiger partial charge in [0.2, 0.25) is 0 Å². The van der Waals surface area contributed by atoms with Crippen molar-refractivity contribution in [3.63, 3.8) is 0 Å². The van der Waals surface area contributed by atoms with Crippen LogP contribution in [0.15, 0.2) is 10.3 Å².